The summed E-state index contributed by atoms with van der Waals surface area (Å²) in [6.07, 6.45) is 4.44. The molecule has 0 aromatic heterocycles. The molecule has 0 aromatic carbocycles. The first-order valence-corrected chi connectivity index (χ1v) is 6.80. The summed E-state index contributed by atoms with van der Waals surface area (Å²) >= 11 is 0. The summed E-state index contributed by atoms with van der Waals surface area (Å²) in [4.78, 5) is 0. The Morgan fingerprint density at radius 3 is 2.53 bits per heavy atom. The number of ether oxygens (including phenoxy) is 3. The Balaban J connectivity index is 2.13. The summed E-state index contributed by atoms with van der Waals surface area (Å²) in [5, 5.41) is 9.95. The summed E-state index contributed by atoms with van der Waals surface area (Å²) in [5.74, 6) is 0. The van der Waals surface area contributed by atoms with E-state index in [0.717, 1.165) is 25.9 Å². The molecule has 4 nitrogen and oxygen atoms in total. The molecule has 1 aliphatic rings. The molecule has 1 saturated heterocycles. The quantitative estimate of drug-likeness (QED) is 0.633. The lowest BCUT2D eigenvalue weighted by molar-refractivity contribution is -0.191. The van der Waals surface area contributed by atoms with E-state index in [-0.39, 0.29) is 0 Å². The summed E-state index contributed by atoms with van der Waals surface area (Å²) in [6.45, 7) is 5.84. The molecule has 0 amide bonds. The zero-order valence-corrected chi connectivity index (χ0v) is 11.1. The van der Waals surface area contributed by atoms with Crippen LogP contribution >= 0.6 is 0 Å². The minimum atomic E-state index is -0.531. The SMILES string of the molecule is CCOC(OCC)C(O)CCCC1CCCO1. The van der Waals surface area contributed by atoms with E-state index in [0.29, 0.717) is 25.7 Å². The fraction of sp³-hybridized carbons (Fsp3) is 1.00. The van der Waals surface area contributed by atoms with Crippen molar-refractivity contribution in [1.82, 2.24) is 0 Å². The van der Waals surface area contributed by atoms with Gasteiger partial charge >= 0.3 is 0 Å². The maximum Gasteiger partial charge on any atom is 0.183 e. The Kier molecular flexibility index (Phi) is 7.77. The molecule has 4 heteroatoms. The third kappa shape index (κ3) is 5.82. The molecule has 0 spiro atoms. The highest BCUT2D eigenvalue weighted by Gasteiger charge is 2.21. The van der Waals surface area contributed by atoms with Crippen LogP contribution in [-0.2, 0) is 14.2 Å². The van der Waals surface area contributed by atoms with Crippen LogP contribution in [0.15, 0.2) is 0 Å². The molecule has 1 N–H and O–H groups in total. The lowest BCUT2D eigenvalue weighted by atomic mass is 10.1. The molecule has 0 bridgehead atoms. The number of hydrogen-bond donors (Lipinski definition) is 1. The van der Waals surface area contributed by atoms with Gasteiger partial charge in [0.1, 0.15) is 6.10 Å². The average Bonchev–Trinajstić information content (AvgIpc) is 2.81. The van der Waals surface area contributed by atoms with E-state index in [2.05, 4.69) is 0 Å². The number of hydrogen-bond acceptors (Lipinski definition) is 4. The molecular weight excluding hydrogens is 220 g/mol. The van der Waals surface area contributed by atoms with Crippen molar-refractivity contribution in [3.63, 3.8) is 0 Å². The van der Waals surface area contributed by atoms with Crippen LogP contribution in [0.1, 0.15) is 46.0 Å². The van der Waals surface area contributed by atoms with E-state index < -0.39 is 12.4 Å². The van der Waals surface area contributed by atoms with E-state index in [1.165, 1.54) is 6.42 Å². The minimum Gasteiger partial charge on any atom is -0.388 e. The van der Waals surface area contributed by atoms with E-state index in [4.69, 9.17) is 14.2 Å². The summed E-state index contributed by atoms with van der Waals surface area (Å²) in [6, 6.07) is 0. The minimum absolute atomic E-state index is 0.403. The maximum atomic E-state index is 9.95. The molecular formula is C13H26O4. The van der Waals surface area contributed by atoms with E-state index in [1.54, 1.807) is 0 Å². The monoisotopic (exact) mass is 246 g/mol. The third-order valence-corrected chi connectivity index (χ3v) is 3.03. The molecule has 0 saturated carbocycles. The van der Waals surface area contributed by atoms with Crippen molar-refractivity contribution in [3.8, 4) is 0 Å². The van der Waals surface area contributed by atoms with Crippen molar-refractivity contribution >= 4 is 0 Å². The zero-order chi connectivity index (χ0) is 12.5. The fourth-order valence-corrected chi connectivity index (χ4v) is 2.16. The molecule has 2 unspecified atom stereocenters. The molecule has 1 fully saturated rings. The first kappa shape index (κ1) is 14.9. The van der Waals surface area contributed by atoms with Crippen LogP contribution in [0, 0.1) is 0 Å². The second-order valence-electron chi connectivity index (χ2n) is 4.41. The highest BCUT2D eigenvalue weighted by molar-refractivity contribution is 4.67. The Morgan fingerprint density at radius 1 is 1.29 bits per heavy atom. The Bertz CT molecular complexity index is 174. The van der Waals surface area contributed by atoms with Crippen LogP contribution in [0.2, 0.25) is 0 Å². The van der Waals surface area contributed by atoms with Gasteiger partial charge in [-0.15, -0.1) is 0 Å². The molecule has 1 heterocycles. The Morgan fingerprint density at radius 2 is 2.00 bits per heavy atom. The summed E-state index contributed by atoms with van der Waals surface area (Å²) in [5.41, 5.74) is 0. The number of rotatable bonds is 9. The largest absolute Gasteiger partial charge is 0.388 e. The lowest BCUT2D eigenvalue weighted by Gasteiger charge is -2.22. The van der Waals surface area contributed by atoms with Crippen molar-refractivity contribution < 1.29 is 19.3 Å². The van der Waals surface area contributed by atoms with Crippen LogP contribution in [0.3, 0.4) is 0 Å². The lowest BCUT2D eigenvalue weighted by Crippen LogP contribution is -2.32. The van der Waals surface area contributed by atoms with Gasteiger partial charge in [-0.2, -0.15) is 0 Å². The van der Waals surface area contributed by atoms with Crippen LogP contribution in [0.25, 0.3) is 0 Å². The van der Waals surface area contributed by atoms with Gasteiger partial charge in [-0.25, -0.2) is 0 Å². The average molecular weight is 246 g/mol. The number of aliphatic hydroxyl groups is 1. The Labute approximate surface area is 104 Å². The first-order valence-electron chi connectivity index (χ1n) is 6.80. The molecule has 1 rings (SSSR count). The molecule has 2 atom stereocenters. The van der Waals surface area contributed by atoms with Gasteiger partial charge in [0.2, 0.25) is 0 Å². The zero-order valence-electron chi connectivity index (χ0n) is 11.1. The first-order chi connectivity index (χ1) is 8.27. The van der Waals surface area contributed by atoms with Crippen molar-refractivity contribution in [2.45, 2.75) is 64.4 Å². The second kappa shape index (κ2) is 8.86. The van der Waals surface area contributed by atoms with Crippen molar-refractivity contribution in [3.05, 3.63) is 0 Å². The van der Waals surface area contributed by atoms with Crippen LogP contribution < -0.4 is 0 Å². The topological polar surface area (TPSA) is 47.9 Å². The van der Waals surface area contributed by atoms with Gasteiger partial charge in [-0.05, 0) is 46.0 Å². The highest BCUT2D eigenvalue weighted by atomic mass is 16.7. The molecule has 0 aromatic rings. The van der Waals surface area contributed by atoms with Crippen LogP contribution in [0.4, 0.5) is 0 Å². The highest BCUT2D eigenvalue weighted by Crippen LogP contribution is 2.19. The molecule has 17 heavy (non-hydrogen) atoms. The maximum absolute atomic E-state index is 9.95. The fourth-order valence-electron chi connectivity index (χ4n) is 2.16. The van der Waals surface area contributed by atoms with Crippen molar-refractivity contribution in [1.29, 1.82) is 0 Å². The van der Waals surface area contributed by atoms with Crippen molar-refractivity contribution in [2.75, 3.05) is 19.8 Å². The van der Waals surface area contributed by atoms with Gasteiger partial charge in [0.05, 0.1) is 6.10 Å². The normalized spacial score (nSPS) is 22.2. The van der Waals surface area contributed by atoms with Gasteiger partial charge in [-0.3, -0.25) is 0 Å². The van der Waals surface area contributed by atoms with E-state index in [1.807, 2.05) is 13.8 Å². The van der Waals surface area contributed by atoms with E-state index in [9.17, 15) is 5.11 Å². The van der Waals surface area contributed by atoms with Gasteiger partial charge in [-0.1, -0.05) is 0 Å². The molecule has 0 radical (unpaired) electrons. The van der Waals surface area contributed by atoms with Gasteiger partial charge in [0.15, 0.2) is 6.29 Å². The predicted molar refractivity (Wildman–Crippen MR) is 65.9 cm³/mol. The van der Waals surface area contributed by atoms with Crippen molar-refractivity contribution in [2.24, 2.45) is 0 Å². The third-order valence-electron chi connectivity index (χ3n) is 3.03. The Hall–Kier alpha value is -0.160. The standard InChI is InChI=1S/C13H26O4/c1-3-15-13(16-4-2)12(14)9-5-7-11-8-6-10-17-11/h11-14H,3-10H2,1-2H3. The summed E-state index contributed by atoms with van der Waals surface area (Å²) in [7, 11) is 0. The predicted octanol–water partition coefficient (Wildman–Crippen LogP) is 2.10. The summed E-state index contributed by atoms with van der Waals surface area (Å²) < 4.78 is 16.3. The van der Waals surface area contributed by atoms with E-state index >= 15 is 0 Å². The second-order valence-corrected chi connectivity index (χ2v) is 4.41. The van der Waals surface area contributed by atoms with Crippen LogP contribution in [0.5, 0.6) is 0 Å². The smallest absolute Gasteiger partial charge is 0.183 e. The number of aliphatic hydroxyl groups excluding tert-OH is 1. The molecule has 0 aliphatic carbocycles. The molecule has 102 valence electrons. The van der Waals surface area contributed by atoms with Crippen LogP contribution in [-0.4, -0.2) is 43.4 Å². The van der Waals surface area contributed by atoms with Gasteiger partial charge in [0.25, 0.3) is 0 Å². The van der Waals surface area contributed by atoms with Gasteiger partial charge < -0.3 is 19.3 Å². The van der Waals surface area contributed by atoms with Gasteiger partial charge in [0, 0.05) is 19.8 Å². The molecule has 1 aliphatic heterocycles.